The molecule has 0 bridgehead atoms. The molecule has 2 aromatic carbocycles. The molecule has 0 saturated carbocycles. The van der Waals surface area contributed by atoms with Crippen LogP contribution in [0.3, 0.4) is 0 Å². The van der Waals surface area contributed by atoms with Crippen molar-refractivity contribution in [1.82, 2.24) is 25.1 Å². The summed E-state index contributed by atoms with van der Waals surface area (Å²) in [6.07, 6.45) is -4.68. The summed E-state index contributed by atoms with van der Waals surface area (Å²) in [4.78, 5) is 14.2. The van der Waals surface area contributed by atoms with E-state index in [2.05, 4.69) is 20.1 Å². The normalized spacial score (nSPS) is 11.5. The topological polar surface area (TPSA) is 70.6 Å². The standard InChI is InChI=1S/C25H15F5N6/c26-15-12-13-17(18(27)14-15)19-8-4-10-21(31-19)36(16-6-2-1-3-7-16)22-11-5-9-20(32-22)23-33-24(35-34-23)25(28,29)30/h1-14H,(H,33,34,35). The molecule has 0 radical (unpaired) electrons. The highest BCUT2D eigenvalue weighted by Gasteiger charge is 2.35. The monoisotopic (exact) mass is 494 g/mol. The lowest BCUT2D eigenvalue weighted by molar-refractivity contribution is -0.144. The second kappa shape index (κ2) is 9.17. The summed E-state index contributed by atoms with van der Waals surface area (Å²) in [6, 6.07) is 21.8. The van der Waals surface area contributed by atoms with Gasteiger partial charge in [-0.3, -0.25) is 10.00 Å². The van der Waals surface area contributed by atoms with Crippen molar-refractivity contribution < 1.29 is 22.0 Å². The first-order valence-electron chi connectivity index (χ1n) is 10.5. The van der Waals surface area contributed by atoms with Crippen molar-refractivity contribution in [2.45, 2.75) is 6.18 Å². The van der Waals surface area contributed by atoms with Crippen LogP contribution in [-0.4, -0.2) is 25.1 Å². The van der Waals surface area contributed by atoms with Crippen LogP contribution in [0.5, 0.6) is 0 Å². The van der Waals surface area contributed by atoms with Crippen LogP contribution < -0.4 is 4.90 Å². The number of aromatic nitrogens is 5. The maximum atomic E-state index is 14.4. The molecular formula is C25H15F5N6. The molecule has 0 unspecified atom stereocenters. The zero-order valence-corrected chi connectivity index (χ0v) is 18.2. The number of alkyl halides is 3. The van der Waals surface area contributed by atoms with E-state index < -0.39 is 23.6 Å². The van der Waals surface area contributed by atoms with Gasteiger partial charge in [0.2, 0.25) is 5.82 Å². The fraction of sp³-hybridized carbons (Fsp3) is 0.0400. The minimum atomic E-state index is -4.68. The van der Waals surface area contributed by atoms with Crippen molar-refractivity contribution in [3.05, 3.63) is 102 Å². The SMILES string of the molecule is Fc1ccc(-c2cccc(N(c3ccccc3)c3cccc(-c4n[nH]c(C(F)(F)F)n4)n3)n2)c(F)c1. The van der Waals surface area contributed by atoms with Crippen LogP contribution in [0.1, 0.15) is 5.82 Å². The average Bonchev–Trinajstić information content (AvgIpc) is 3.37. The lowest BCUT2D eigenvalue weighted by Crippen LogP contribution is -2.13. The van der Waals surface area contributed by atoms with Crippen LogP contribution in [0.15, 0.2) is 84.9 Å². The first-order valence-corrected chi connectivity index (χ1v) is 10.5. The summed E-state index contributed by atoms with van der Waals surface area (Å²) in [5, 5.41) is 5.52. The molecule has 180 valence electrons. The molecule has 0 spiro atoms. The molecule has 5 rings (SSSR count). The maximum Gasteiger partial charge on any atom is 0.451 e. The zero-order valence-electron chi connectivity index (χ0n) is 18.2. The van der Waals surface area contributed by atoms with Crippen molar-refractivity contribution in [2.24, 2.45) is 0 Å². The number of aromatic amines is 1. The van der Waals surface area contributed by atoms with Gasteiger partial charge < -0.3 is 0 Å². The quantitative estimate of drug-likeness (QED) is 0.276. The highest BCUT2D eigenvalue weighted by atomic mass is 19.4. The van der Waals surface area contributed by atoms with Crippen LogP contribution in [0.4, 0.5) is 39.3 Å². The number of rotatable bonds is 5. The van der Waals surface area contributed by atoms with Crippen molar-refractivity contribution >= 4 is 17.3 Å². The van der Waals surface area contributed by atoms with Crippen LogP contribution in [0, 0.1) is 11.6 Å². The molecule has 1 N–H and O–H groups in total. The Balaban J connectivity index is 1.61. The van der Waals surface area contributed by atoms with Crippen LogP contribution in [0.25, 0.3) is 22.8 Å². The summed E-state index contributed by atoms with van der Waals surface area (Å²) in [6.45, 7) is 0. The zero-order chi connectivity index (χ0) is 25.3. The van der Waals surface area contributed by atoms with Gasteiger partial charge in [0, 0.05) is 17.3 Å². The molecule has 0 saturated heterocycles. The highest BCUT2D eigenvalue weighted by Crippen LogP contribution is 2.35. The third-order valence-corrected chi connectivity index (χ3v) is 5.13. The van der Waals surface area contributed by atoms with E-state index in [4.69, 9.17) is 0 Å². The Bertz CT molecular complexity index is 1520. The summed E-state index contributed by atoms with van der Waals surface area (Å²) >= 11 is 0. The first kappa shape index (κ1) is 23.1. The third-order valence-electron chi connectivity index (χ3n) is 5.13. The largest absolute Gasteiger partial charge is 0.451 e. The Hall–Kier alpha value is -4.67. The van der Waals surface area contributed by atoms with Crippen molar-refractivity contribution in [2.75, 3.05) is 4.90 Å². The Labute approximate surface area is 201 Å². The number of halogens is 5. The number of hydrogen-bond donors (Lipinski definition) is 1. The fourth-order valence-electron chi connectivity index (χ4n) is 3.53. The van der Waals surface area contributed by atoms with Crippen LogP contribution >= 0.6 is 0 Å². The lowest BCUT2D eigenvalue weighted by atomic mass is 10.1. The molecular weight excluding hydrogens is 479 g/mol. The second-order valence-electron chi connectivity index (χ2n) is 7.56. The Morgan fingerprint density at radius 3 is 2.00 bits per heavy atom. The smallest absolute Gasteiger partial charge is 0.279 e. The van der Waals surface area contributed by atoms with Gasteiger partial charge in [-0.25, -0.2) is 23.7 Å². The van der Waals surface area contributed by atoms with Gasteiger partial charge >= 0.3 is 6.18 Å². The van der Waals surface area contributed by atoms with Crippen molar-refractivity contribution in [3.8, 4) is 22.8 Å². The number of nitrogens with one attached hydrogen (secondary N) is 1. The molecule has 0 amide bonds. The number of benzene rings is 2. The predicted molar refractivity (Wildman–Crippen MR) is 122 cm³/mol. The molecule has 6 nitrogen and oxygen atoms in total. The Morgan fingerprint density at radius 1 is 0.694 bits per heavy atom. The van der Waals surface area contributed by atoms with E-state index in [1.165, 1.54) is 12.1 Å². The first-order chi connectivity index (χ1) is 17.3. The molecule has 0 aliphatic carbocycles. The van der Waals surface area contributed by atoms with Gasteiger partial charge in [-0.05, 0) is 48.5 Å². The van der Waals surface area contributed by atoms with Crippen molar-refractivity contribution in [1.29, 1.82) is 0 Å². The molecule has 5 aromatic rings. The third kappa shape index (κ3) is 4.63. The number of anilines is 3. The molecule has 36 heavy (non-hydrogen) atoms. The molecule has 3 heterocycles. The van der Waals surface area contributed by atoms with Gasteiger partial charge in [0.1, 0.15) is 29.0 Å². The van der Waals surface area contributed by atoms with Gasteiger partial charge in [-0.15, -0.1) is 0 Å². The second-order valence-corrected chi connectivity index (χ2v) is 7.56. The molecule has 0 aliphatic heterocycles. The average molecular weight is 494 g/mol. The summed E-state index contributed by atoms with van der Waals surface area (Å²) < 4.78 is 66.8. The number of pyridine rings is 2. The maximum absolute atomic E-state index is 14.4. The van der Waals surface area contributed by atoms with Gasteiger partial charge in [0.15, 0.2) is 5.82 Å². The van der Waals surface area contributed by atoms with E-state index in [-0.39, 0.29) is 22.8 Å². The Morgan fingerprint density at radius 2 is 1.36 bits per heavy atom. The summed E-state index contributed by atoms with van der Waals surface area (Å²) in [7, 11) is 0. The number of nitrogens with zero attached hydrogens (tertiary/aromatic N) is 5. The van der Waals surface area contributed by atoms with Gasteiger partial charge in [0.05, 0.1) is 5.69 Å². The van der Waals surface area contributed by atoms with Crippen molar-refractivity contribution in [3.63, 3.8) is 0 Å². The molecule has 3 aromatic heterocycles. The van der Waals surface area contributed by atoms with E-state index in [1.807, 2.05) is 11.2 Å². The van der Waals surface area contributed by atoms with E-state index >= 15 is 0 Å². The highest BCUT2D eigenvalue weighted by molar-refractivity contribution is 5.75. The predicted octanol–water partition coefficient (Wildman–Crippen LogP) is 6.70. The Kier molecular flexibility index (Phi) is 5.88. The number of hydrogen-bond acceptors (Lipinski definition) is 5. The minimum Gasteiger partial charge on any atom is -0.279 e. The fourth-order valence-corrected chi connectivity index (χ4v) is 3.53. The molecule has 0 atom stereocenters. The van der Waals surface area contributed by atoms with E-state index in [0.717, 1.165) is 12.1 Å². The van der Waals surface area contributed by atoms with Gasteiger partial charge in [0.25, 0.3) is 0 Å². The summed E-state index contributed by atoms with van der Waals surface area (Å²) in [5.41, 5.74) is 1.09. The van der Waals surface area contributed by atoms with E-state index in [0.29, 0.717) is 17.3 Å². The number of para-hydroxylation sites is 1. The van der Waals surface area contributed by atoms with Gasteiger partial charge in [-0.2, -0.15) is 18.3 Å². The summed E-state index contributed by atoms with van der Waals surface area (Å²) in [5.74, 6) is -2.29. The van der Waals surface area contributed by atoms with E-state index in [1.54, 1.807) is 59.5 Å². The molecule has 0 aliphatic rings. The van der Waals surface area contributed by atoms with Crippen LogP contribution in [-0.2, 0) is 6.18 Å². The lowest BCUT2D eigenvalue weighted by Gasteiger charge is -2.24. The minimum absolute atomic E-state index is 0.0981. The molecule has 0 fully saturated rings. The molecule has 11 heteroatoms. The van der Waals surface area contributed by atoms with E-state index in [9.17, 15) is 22.0 Å². The van der Waals surface area contributed by atoms with Crippen LogP contribution in [0.2, 0.25) is 0 Å². The van der Waals surface area contributed by atoms with Gasteiger partial charge in [-0.1, -0.05) is 30.3 Å². The number of H-pyrrole nitrogens is 1.